The van der Waals surface area contributed by atoms with Crippen LogP contribution in [0.15, 0.2) is 30.3 Å². The van der Waals surface area contributed by atoms with Crippen LogP contribution in [-0.4, -0.2) is 86.2 Å². The van der Waals surface area contributed by atoms with Crippen LogP contribution in [0.25, 0.3) is 0 Å². The Morgan fingerprint density at radius 3 is 2.50 bits per heavy atom. The van der Waals surface area contributed by atoms with E-state index in [2.05, 4.69) is 46.0 Å². The molecular weight excluding hydrogens is 302 g/mol. The summed E-state index contributed by atoms with van der Waals surface area (Å²) in [6, 6.07) is 11.2. The molecule has 0 radical (unpaired) electrons. The topological polar surface area (TPSA) is 36.0 Å². The predicted octanol–water partition coefficient (Wildman–Crippen LogP) is 1.09. The molecule has 3 rings (SSSR count). The van der Waals surface area contributed by atoms with Crippen LogP contribution < -0.4 is 0 Å². The van der Waals surface area contributed by atoms with Crippen molar-refractivity contribution >= 4 is 5.91 Å². The summed E-state index contributed by atoms with van der Waals surface area (Å²) in [5.74, 6) is 0.120. The second-order valence-corrected chi connectivity index (χ2v) is 6.97. The van der Waals surface area contributed by atoms with E-state index in [9.17, 15) is 4.79 Å². The van der Waals surface area contributed by atoms with E-state index >= 15 is 0 Å². The number of carbonyl (C=O) groups is 1. The van der Waals surface area contributed by atoms with Crippen molar-refractivity contribution in [1.82, 2.24) is 14.7 Å². The van der Waals surface area contributed by atoms with Crippen LogP contribution >= 0.6 is 0 Å². The Balaban J connectivity index is 1.75. The zero-order chi connectivity index (χ0) is 16.9. The van der Waals surface area contributed by atoms with Gasteiger partial charge in [-0.2, -0.15) is 0 Å². The molecule has 132 valence electrons. The van der Waals surface area contributed by atoms with E-state index in [4.69, 9.17) is 4.74 Å². The average molecular weight is 331 g/mol. The fourth-order valence-electron chi connectivity index (χ4n) is 4.03. The van der Waals surface area contributed by atoms with Gasteiger partial charge in [0.1, 0.15) is 6.61 Å². The smallest absolute Gasteiger partial charge is 0.248 e. The summed E-state index contributed by atoms with van der Waals surface area (Å²) < 4.78 is 5.10. The third-order valence-electron chi connectivity index (χ3n) is 5.39. The van der Waals surface area contributed by atoms with Gasteiger partial charge in [-0.15, -0.1) is 0 Å². The Kier molecular flexibility index (Phi) is 5.87. The fraction of sp³-hybridized carbons (Fsp3) is 0.632. The number of likely N-dealkylation sites (N-methyl/N-ethyl adjacent to an activating group) is 1. The number of methoxy groups -OCH3 is 1. The molecule has 0 bridgehead atoms. The van der Waals surface area contributed by atoms with Crippen LogP contribution in [0, 0.1) is 0 Å². The van der Waals surface area contributed by atoms with Gasteiger partial charge in [-0.05, 0) is 25.5 Å². The van der Waals surface area contributed by atoms with E-state index in [0.717, 1.165) is 45.6 Å². The lowest BCUT2D eigenvalue weighted by molar-refractivity contribution is -0.136. The van der Waals surface area contributed by atoms with Gasteiger partial charge in [0.05, 0.1) is 6.04 Å². The van der Waals surface area contributed by atoms with Crippen molar-refractivity contribution in [2.24, 2.45) is 0 Å². The van der Waals surface area contributed by atoms with Gasteiger partial charge >= 0.3 is 0 Å². The van der Waals surface area contributed by atoms with E-state index in [0.29, 0.717) is 6.04 Å². The normalized spacial score (nSPS) is 26.0. The van der Waals surface area contributed by atoms with Gasteiger partial charge in [-0.1, -0.05) is 30.3 Å². The minimum absolute atomic E-state index is 0.120. The Bertz CT molecular complexity index is 529. The minimum Gasteiger partial charge on any atom is -0.375 e. The molecule has 1 aromatic carbocycles. The number of rotatable bonds is 5. The van der Waals surface area contributed by atoms with E-state index in [1.54, 1.807) is 7.11 Å². The lowest BCUT2D eigenvalue weighted by Gasteiger charge is -2.40. The number of ether oxygens (including phenoxy) is 1. The molecule has 2 aliphatic rings. The molecule has 0 N–H and O–H groups in total. The number of hydrogen-bond acceptors (Lipinski definition) is 4. The van der Waals surface area contributed by atoms with Gasteiger partial charge in [0.15, 0.2) is 0 Å². The highest BCUT2D eigenvalue weighted by Gasteiger charge is 2.40. The maximum Gasteiger partial charge on any atom is 0.248 e. The summed E-state index contributed by atoms with van der Waals surface area (Å²) in [6.07, 6.45) is 1.99. The van der Waals surface area contributed by atoms with Crippen LogP contribution in [0.3, 0.4) is 0 Å². The van der Waals surface area contributed by atoms with Crippen molar-refractivity contribution in [3.05, 3.63) is 35.9 Å². The van der Waals surface area contributed by atoms with E-state index < -0.39 is 0 Å². The van der Waals surface area contributed by atoms with Crippen molar-refractivity contribution in [2.45, 2.75) is 24.9 Å². The molecule has 2 fully saturated rings. The largest absolute Gasteiger partial charge is 0.375 e. The molecule has 2 heterocycles. The molecule has 0 spiro atoms. The molecule has 1 amide bonds. The molecule has 5 nitrogen and oxygen atoms in total. The highest BCUT2D eigenvalue weighted by molar-refractivity contribution is 5.78. The Morgan fingerprint density at radius 2 is 1.83 bits per heavy atom. The second kappa shape index (κ2) is 8.10. The van der Waals surface area contributed by atoms with Gasteiger partial charge in [0, 0.05) is 45.9 Å². The minimum atomic E-state index is 0.120. The predicted molar refractivity (Wildman–Crippen MR) is 95.0 cm³/mol. The zero-order valence-corrected chi connectivity index (χ0v) is 14.9. The standard InChI is InChI=1S/C19H29N3O2/c1-20-10-12-21(13-11-20)17-8-9-22(19(23)15-24-2)18(17)14-16-6-4-3-5-7-16/h3-7,17-18H,8-15H2,1-2H3/t17-,18+/m1/s1. The van der Waals surface area contributed by atoms with Crippen LogP contribution in [-0.2, 0) is 16.0 Å². The maximum atomic E-state index is 12.5. The highest BCUT2D eigenvalue weighted by Crippen LogP contribution is 2.27. The number of piperazine rings is 1. The zero-order valence-electron chi connectivity index (χ0n) is 14.9. The summed E-state index contributed by atoms with van der Waals surface area (Å²) >= 11 is 0. The lowest BCUT2D eigenvalue weighted by Crippen LogP contribution is -2.54. The van der Waals surface area contributed by atoms with Gasteiger partial charge in [-0.25, -0.2) is 0 Å². The summed E-state index contributed by atoms with van der Waals surface area (Å²) in [7, 11) is 3.78. The number of nitrogens with zero attached hydrogens (tertiary/aromatic N) is 3. The van der Waals surface area contributed by atoms with Crippen LogP contribution in [0.5, 0.6) is 0 Å². The summed E-state index contributed by atoms with van der Waals surface area (Å²) in [6.45, 7) is 5.44. The summed E-state index contributed by atoms with van der Waals surface area (Å²) in [5.41, 5.74) is 1.30. The SMILES string of the molecule is COCC(=O)N1CC[C@@H](N2CCN(C)CC2)[C@@H]1Cc1ccccc1. The quantitative estimate of drug-likeness (QED) is 0.809. The number of hydrogen-bond donors (Lipinski definition) is 0. The number of benzene rings is 1. The highest BCUT2D eigenvalue weighted by atomic mass is 16.5. The van der Waals surface area contributed by atoms with Crippen LogP contribution in [0.2, 0.25) is 0 Å². The lowest BCUT2D eigenvalue weighted by atomic mass is 9.98. The first-order valence-corrected chi connectivity index (χ1v) is 8.94. The molecule has 1 aromatic rings. The second-order valence-electron chi connectivity index (χ2n) is 6.97. The van der Waals surface area contributed by atoms with Crippen LogP contribution in [0.4, 0.5) is 0 Å². The molecular formula is C19H29N3O2. The van der Waals surface area contributed by atoms with Gasteiger partial charge in [-0.3, -0.25) is 9.69 Å². The molecule has 0 unspecified atom stereocenters. The third kappa shape index (κ3) is 3.97. The number of likely N-dealkylation sites (tertiary alicyclic amines) is 1. The molecule has 2 aliphatic heterocycles. The summed E-state index contributed by atoms with van der Waals surface area (Å²) in [5, 5.41) is 0. The van der Waals surface area contributed by atoms with Gasteiger partial charge in [0.2, 0.25) is 5.91 Å². The first kappa shape index (κ1) is 17.4. The Hall–Kier alpha value is -1.43. The first-order chi connectivity index (χ1) is 11.7. The Labute approximate surface area is 145 Å². The average Bonchev–Trinajstić information content (AvgIpc) is 3.00. The first-order valence-electron chi connectivity index (χ1n) is 8.94. The maximum absolute atomic E-state index is 12.5. The van der Waals surface area contributed by atoms with Crippen molar-refractivity contribution in [1.29, 1.82) is 0 Å². The van der Waals surface area contributed by atoms with Crippen molar-refractivity contribution in [2.75, 3.05) is 53.5 Å². The van der Waals surface area contributed by atoms with Crippen molar-refractivity contribution in [3.8, 4) is 0 Å². The molecule has 24 heavy (non-hydrogen) atoms. The van der Waals surface area contributed by atoms with E-state index in [1.807, 2.05) is 6.07 Å². The molecule has 2 atom stereocenters. The molecule has 5 heteroatoms. The molecule has 0 saturated carbocycles. The van der Waals surface area contributed by atoms with Gasteiger partial charge in [0.25, 0.3) is 0 Å². The number of amides is 1. The molecule has 0 aromatic heterocycles. The van der Waals surface area contributed by atoms with Gasteiger partial charge < -0.3 is 14.5 Å². The summed E-state index contributed by atoms with van der Waals surface area (Å²) in [4.78, 5) is 19.5. The molecule has 0 aliphatic carbocycles. The van der Waals surface area contributed by atoms with Crippen molar-refractivity contribution < 1.29 is 9.53 Å². The number of carbonyl (C=O) groups excluding carboxylic acids is 1. The monoisotopic (exact) mass is 331 g/mol. The van der Waals surface area contributed by atoms with E-state index in [1.165, 1.54) is 5.56 Å². The third-order valence-corrected chi connectivity index (χ3v) is 5.39. The van der Waals surface area contributed by atoms with Crippen molar-refractivity contribution in [3.63, 3.8) is 0 Å². The molecule has 2 saturated heterocycles. The Morgan fingerprint density at radius 1 is 1.12 bits per heavy atom. The van der Waals surface area contributed by atoms with Crippen LogP contribution in [0.1, 0.15) is 12.0 Å². The fourth-order valence-corrected chi connectivity index (χ4v) is 4.03. The van der Waals surface area contributed by atoms with E-state index in [-0.39, 0.29) is 18.6 Å².